The van der Waals surface area contributed by atoms with E-state index >= 15 is 0 Å². The summed E-state index contributed by atoms with van der Waals surface area (Å²) in [7, 11) is -5.57. The molecule has 0 atom stereocenters. The minimum Gasteiger partial charge on any atom is -0.384 e. The summed E-state index contributed by atoms with van der Waals surface area (Å²) in [6.07, 6.45) is 2.45. The predicted molar refractivity (Wildman–Crippen MR) is 67.7 cm³/mol. The summed E-state index contributed by atoms with van der Waals surface area (Å²) in [6.45, 7) is 2.28. The van der Waals surface area contributed by atoms with Gasteiger partial charge in [0.15, 0.2) is 0 Å². The Morgan fingerprint density at radius 2 is 1.85 bits per heavy atom. The van der Waals surface area contributed by atoms with Gasteiger partial charge in [-0.25, -0.2) is 12.8 Å². The van der Waals surface area contributed by atoms with Crippen molar-refractivity contribution in [2.24, 2.45) is 0 Å². The van der Waals surface area contributed by atoms with E-state index in [0.29, 0.717) is 19.0 Å². The SMILES string of the molecule is CCCCCNc1ccc(F)cc1S(=O)(=O)C(F)(F)F. The number of rotatable bonds is 6. The third kappa shape index (κ3) is 3.84. The fourth-order valence-corrected chi connectivity index (χ4v) is 2.53. The van der Waals surface area contributed by atoms with Crippen LogP contribution in [0.1, 0.15) is 26.2 Å². The lowest BCUT2D eigenvalue weighted by molar-refractivity contribution is -0.0435. The monoisotopic (exact) mass is 313 g/mol. The number of benzene rings is 1. The molecule has 0 heterocycles. The highest BCUT2D eigenvalue weighted by molar-refractivity contribution is 7.92. The first kappa shape index (κ1) is 16.7. The van der Waals surface area contributed by atoms with Gasteiger partial charge in [0.1, 0.15) is 10.7 Å². The zero-order valence-electron chi connectivity index (χ0n) is 10.8. The Labute approximate surface area is 114 Å². The highest BCUT2D eigenvalue weighted by Gasteiger charge is 2.48. The van der Waals surface area contributed by atoms with E-state index in [0.717, 1.165) is 25.0 Å². The maximum Gasteiger partial charge on any atom is 0.501 e. The first-order chi connectivity index (χ1) is 9.20. The molecule has 0 saturated heterocycles. The lowest BCUT2D eigenvalue weighted by Gasteiger charge is -2.14. The van der Waals surface area contributed by atoms with Crippen LogP contribution in [0.5, 0.6) is 0 Å². The van der Waals surface area contributed by atoms with Gasteiger partial charge in [-0.3, -0.25) is 0 Å². The number of sulfone groups is 1. The van der Waals surface area contributed by atoms with Crippen LogP contribution in [-0.4, -0.2) is 20.5 Å². The van der Waals surface area contributed by atoms with Crippen molar-refractivity contribution >= 4 is 15.5 Å². The first-order valence-electron chi connectivity index (χ1n) is 6.05. The van der Waals surface area contributed by atoms with E-state index in [1.807, 2.05) is 6.92 Å². The standard InChI is InChI=1S/C12H15F4NO2S/c1-2-3-4-7-17-10-6-5-9(13)8-11(10)20(18,19)12(14,15)16/h5-6,8,17H,2-4,7H2,1H3. The van der Waals surface area contributed by atoms with Crippen LogP contribution >= 0.6 is 0 Å². The third-order valence-corrected chi connectivity index (χ3v) is 4.16. The van der Waals surface area contributed by atoms with Crippen LogP contribution in [0.15, 0.2) is 23.1 Å². The van der Waals surface area contributed by atoms with Crippen molar-refractivity contribution in [2.45, 2.75) is 36.6 Å². The molecule has 20 heavy (non-hydrogen) atoms. The smallest absolute Gasteiger partial charge is 0.384 e. The maximum atomic E-state index is 13.0. The lowest BCUT2D eigenvalue weighted by atomic mass is 10.2. The van der Waals surface area contributed by atoms with Crippen LogP contribution in [0.3, 0.4) is 0 Å². The van der Waals surface area contributed by atoms with Crippen LogP contribution in [0, 0.1) is 5.82 Å². The molecule has 0 amide bonds. The molecule has 0 aliphatic carbocycles. The zero-order valence-corrected chi connectivity index (χ0v) is 11.6. The van der Waals surface area contributed by atoms with Crippen molar-refractivity contribution in [3.8, 4) is 0 Å². The molecule has 114 valence electrons. The van der Waals surface area contributed by atoms with Crippen LogP contribution in [0.4, 0.5) is 23.2 Å². The van der Waals surface area contributed by atoms with Gasteiger partial charge in [0.25, 0.3) is 9.84 Å². The molecular weight excluding hydrogens is 298 g/mol. The van der Waals surface area contributed by atoms with Gasteiger partial charge in [0.05, 0.1) is 5.69 Å². The largest absolute Gasteiger partial charge is 0.501 e. The lowest BCUT2D eigenvalue weighted by Crippen LogP contribution is -2.24. The summed E-state index contributed by atoms with van der Waals surface area (Å²) >= 11 is 0. The molecule has 1 rings (SSSR count). The van der Waals surface area contributed by atoms with Gasteiger partial charge >= 0.3 is 5.51 Å². The van der Waals surface area contributed by atoms with Gasteiger partial charge in [0.2, 0.25) is 0 Å². The summed E-state index contributed by atoms with van der Waals surface area (Å²) in [6, 6.07) is 2.29. The molecule has 1 aromatic rings. The summed E-state index contributed by atoms with van der Waals surface area (Å²) in [4.78, 5) is -1.08. The van der Waals surface area contributed by atoms with Gasteiger partial charge in [-0.1, -0.05) is 19.8 Å². The molecular formula is C12H15F4NO2S. The number of anilines is 1. The molecule has 0 unspecified atom stereocenters. The van der Waals surface area contributed by atoms with E-state index in [1.54, 1.807) is 0 Å². The van der Waals surface area contributed by atoms with Gasteiger partial charge in [0, 0.05) is 6.54 Å². The van der Waals surface area contributed by atoms with E-state index in [4.69, 9.17) is 0 Å². The van der Waals surface area contributed by atoms with Crippen LogP contribution in [-0.2, 0) is 9.84 Å². The summed E-state index contributed by atoms with van der Waals surface area (Å²) in [5.74, 6) is -1.04. The second kappa shape index (κ2) is 6.43. The molecule has 0 aromatic heterocycles. The molecule has 0 aliphatic rings. The average molecular weight is 313 g/mol. The fraction of sp³-hybridized carbons (Fsp3) is 0.500. The molecule has 0 aliphatic heterocycles. The Morgan fingerprint density at radius 3 is 2.40 bits per heavy atom. The van der Waals surface area contributed by atoms with E-state index in [1.165, 1.54) is 0 Å². The minimum atomic E-state index is -5.57. The van der Waals surface area contributed by atoms with Crippen molar-refractivity contribution in [3.05, 3.63) is 24.0 Å². The Balaban J connectivity index is 3.09. The summed E-state index contributed by atoms with van der Waals surface area (Å²) in [5.41, 5.74) is -5.69. The number of hydrogen-bond acceptors (Lipinski definition) is 3. The van der Waals surface area contributed by atoms with Crippen LogP contribution in [0.2, 0.25) is 0 Å². The van der Waals surface area contributed by atoms with E-state index in [-0.39, 0.29) is 5.69 Å². The summed E-state index contributed by atoms with van der Waals surface area (Å²) < 4.78 is 73.4. The number of alkyl halides is 3. The van der Waals surface area contributed by atoms with E-state index in [2.05, 4.69) is 5.32 Å². The predicted octanol–water partition coefficient (Wildman–Crippen LogP) is 3.72. The van der Waals surface area contributed by atoms with Crippen molar-refractivity contribution in [1.29, 1.82) is 0 Å². The number of nitrogens with one attached hydrogen (secondary N) is 1. The van der Waals surface area contributed by atoms with Crippen LogP contribution < -0.4 is 5.32 Å². The van der Waals surface area contributed by atoms with Gasteiger partial charge < -0.3 is 5.32 Å². The second-order valence-electron chi connectivity index (χ2n) is 4.22. The molecule has 1 aromatic carbocycles. The molecule has 0 saturated carbocycles. The third-order valence-electron chi connectivity index (χ3n) is 2.63. The Bertz CT molecular complexity index is 555. The quantitative estimate of drug-likeness (QED) is 0.643. The minimum absolute atomic E-state index is 0.236. The van der Waals surface area contributed by atoms with Crippen molar-refractivity contribution < 1.29 is 26.0 Å². The molecule has 0 fully saturated rings. The van der Waals surface area contributed by atoms with Crippen molar-refractivity contribution in [3.63, 3.8) is 0 Å². The highest BCUT2D eigenvalue weighted by Crippen LogP contribution is 2.34. The first-order valence-corrected chi connectivity index (χ1v) is 7.53. The Hall–Kier alpha value is -1.31. The Kier molecular flexibility index (Phi) is 5.38. The molecule has 0 spiro atoms. The van der Waals surface area contributed by atoms with Gasteiger partial charge in [-0.15, -0.1) is 0 Å². The maximum absolute atomic E-state index is 13.0. The number of halogens is 4. The highest BCUT2D eigenvalue weighted by atomic mass is 32.2. The molecule has 8 heteroatoms. The van der Waals surface area contributed by atoms with Gasteiger partial charge in [-0.05, 0) is 24.6 Å². The average Bonchev–Trinajstić information content (AvgIpc) is 2.34. The van der Waals surface area contributed by atoms with Crippen LogP contribution in [0.25, 0.3) is 0 Å². The number of unbranched alkanes of at least 4 members (excludes halogenated alkanes) is 2. The normalized spacial score (nSPS) is 12.4. The molecule has 0 radical (unpaired) electrons. The molecule has 1 N–H and O–H groups in total. The molecule has 3 nitrogen and oxygen atoms in total. The fourth-order valence-electron chi connectivity index (χ4n) is 1.59. The topological polar surface area (TPSA) is 46.2 Å². The second-order valence-corrected chi connectivity index (χ2v) is 6.13. The van der Waals surface area contributed by atoms with E-state index in [9.17, 15) is 26.0 Å². The molecule has 0 bridgehead atoms. The van der Waals surface area contributed by atoms with Crippen molar-refractivity contribution in [2.75, 3.05) is 11.9 Å². The van der Waals surface area contributed by atoms with Crippen molar-refractivity contribution in [1.82, 2.24) is 0 Å². The Morgan fingerprint density at radius 1 is 1.20 bits per heavy atom. The number of hydrogen-bond donors (Lipinski definition) is 1. The van der Waals surface area contributed by atoms with E-state index < -0.39 is 26.1 Å². The zero-order chi connectivity index (χ0) is 15.4. The summed E-state index contributed by atoms with van der Waals surface area (Å²) in [5, 5.41) is 2.61. The van der Waals surface area contributed by atoms with Gasteiger partial charge in [-0.2, -0.15) is 13.2 Å².